The van der Waals surface area contributed by atoms with Crippen molar-refractivity contribution < 1.29 is 24.0 Å². The highest BCUT2D eigenvalue weighted by molar-refractivity contribution is 5.95. The first-order valence-corrected chi connectivity index (χ1v) is 8.19. The minimum Gasteiger partial charge on any atom is -0.497 e. The molecule has 0 radical (unpaired) electrons. The van der Waals surface area contributed by atoms with Gasteiger partial charge in [-0.2, -0.15) is 0 Å². The van der Waals surface area contributed by atoms with Gasteiger partial charge in [-0.25, -0.2) is 4.79 Å². The molecule has 0 saturated heterocycles. The smallest absolute Gasteiger partial charge is 0.321 e. The Labute approximate surface area is 147 Å². The van der Waals surface area contributed by atoms with Crippen LogP contribution in [0.3, 0.4) is 0 Å². The minimum absolute atomic E-state index is 0.00785. The van der Waals surface area contributed by atoms with Crippen LogP contribution in [0.25, 0.3) is 0 Å². The number of benzene rings is 1. The molecule has 4 N–H and O–H groups in total. The highest BCUT2D eigenvalue weighted by Gasteiger charge is 2.17. The number of imide groups is 1. The predicted octanol–water partition coefficient (Wildman–Crippen LogP) is -0.227. The third kappa shape index (κ3) is 8.16. The van der Waals surface area contributed by atoms with Gasteiger partial charge in [0.1, 0.15) is 5.75 Å². The quantitative estimate of drug-likeness (QED) is 0.520. The van der Waals surface area contributed by atoms with Crippen molar-refractivity contribution in [3.8, 4) is 5.75 Å². The van der Waals surface area contributed by atoms with E-state index in [-0.39, 0.29) is 25.0 Å². The lowest BCUT2D eigenvalue weighted by Gasteiger charge is -2.15. The Hall–Kier alpha value is -2.61. The zero-order valence-corrected chi connectivity index (χ0v) is 15.1. The van der Waals surface area contributed by atoms with Crippen LogP contribution in [0.5, 0.6) is 5.75 Å². The zero-order valence-electron chi connectivity index (χ0n) is 15.1. The predicted molar refractivity (Wildman–Crippen MR) is 94.7 cm³/mol. The largest absolute Gasteiger partial charge is 0.497 e. The first kappa shape index (κ1) is 20.4. The van der Waals surface area contributed by atoms with Crippen LogP contribution < -0.4 is 25.6 Å². The summed E-state index contributed by atoms with van der Waals surface area (Å²) in [5, 5.41) is 7.65. The number of hydrogen-bond acceptors (Lipinski definition) is 4. The van der Waals surface area contributed by atoms with Gasteiger partial charge in [0.2, 0.25) is 0 Å². The Morgan fingerprint density at radius 2 is 1.88 bits per heavy atom. The molecule has 0 bridgehead atoms. The van der Waals surface area contributed by atoms with Crippen molar-refractivity contribution in [1.29, 1.82) is 0 Å². The zero-order chi connectivity index (χ0) is 18.8. The van der Waals surface area contributed by atoms with Crippen LogP contribution in [0.4, 0.5) is 10.5 Å². The van der Waals surface area contributed by atoms with Gasteiger partial charge in [-0.05, 0) is 25.5 Å². The molecule has 0 spiro atoms. The lowest BCUT2D eigenvalue weighted by molar-refractivity contribution is -0.862. The van der Waals surface area contributed by atoms with Crippen molar-refractivity contribution in [3.63, 3.8) is 0 Å². The van der Waals surface area contributed by atoms with Crippen LogP contribution in [-0.2, 0) is 9.59 Å². The molecule has 8 nitrogen and oxygen atoms in total. The summed E-state index contributed by atoms with van der Waals surface area (Å²) in [6, 6.07) is 6.48. The molecule has 0 aromatic heterocycles. The second-order valence-electron chi connectivity index (χ2n) is 5.92. The summed E-state index contributed by atoms with van der Waals surface area (Å²) in [7, 11) is 3.26. The summed E-state index contributed by atoms with van der Waals surface area (Å²) >= 11 is 0. The Morgan fingerprint density at radius 1 is 1.20 bits per heavy atom. The second-order valence-corrected chi connectivity index (χ2v) is 5.92. The summed E-state index contributed by atoms with van der Waals surface area (Å²) in [4.78, 5) is 36.1. The Balaban J connectivity index is 2.39. The van der Waals surface area contributed by atoms with Gasteiger partial charge < -0.3 is 20.3 Å². The molecule has 0 aliphatic heterocycles. The lowest BCUT2D eigenvalue weighted by atomic mass is 10.3. The number of urea groups is 1. The molecule has 0 aliphatic rings. The fourth-order valence-electron chi connectivity index (χ4n) is 2.05. The maximum atomic E-state index is 12.0. The minimum atomic E-state index is -0.520. The van der Waals surface area contributed by atoms with Crippen LogP contribution in [0, 0.1) is 0 Å². The van der Waals surface area contributed by atoms with Gasteiger partial charge in [0.25, 0.3) is 11.8 Å². The van der Waals surface area contributed by atoms with Crippen molar-refractivity contribution in [1.82, 2.24) is 10.6 Å². The number of nitrogens with one attached hydrogen (secondary N) is 4. The molecule has 1 aromatic carbocycles. The van der Waals surface area contributed by atoms with Gasteiger partial charge >= 0.3 is 6.03 Å². The number of rotatable bonds is 8. The van der Waals surface area contributed by atoms with Gasteiger partial charge in [-0.1, -0.05) is 13.0 Å². The topological polar surface area (TPSA) is 101 Å². The molecule has 2 atom stereocenters. The Kier molecular flexibility index (Phi) is 8.42. The molecular formula is C17H27N4O4+. The van der Waals surface area contributed by atoms with Gasteiger partial charge in [0.15, 0.2) is 13.1 Å². The maximum absolute atomic E-state index is 12.0. The van der Waals surface area contributed by atoms with Crippen LogP contribution >= 0.6 is 0 Å². The fraction of sp³-hybridized carbons (Fsp3) is 0.471. The molecule has 0 saturated carbocycles. The van der Waals surface area contributed by atoms with Crippen LogP contribution in [0.2, 0.25) is 0 Å². The van der Waals surface area contributed by atoms with E-state index in [9.17, 15) is 14.4 Å². The molecule has 4 amide bonds. The van der Waals surface area contributed by atoms with Gasteiger partial charge in [0, 0.05) is 17.8 Å². The SMILES string of the molecule is CC[C@@H](C)NC(=O)NC(=O)C[NH+](C)CC(=O)Nc1cccc(OC)c1. The Bertz CT molecular complexity index is 606. The molecule has 0 heterocycles. The van der Waals surface area contributed by atoms with Crippen molar-refractivity contribution in [2.45, 2.75) is 26.3 Å². The number of carbonyl (C=O) groups excluding carboxylic acids is 3. The third-order valence-electron chi connectivity index (χ3n) is 3.52. The molecular weight excluding hydrogens is 324 g/mol. The lowest BCUT2D eigenvalue weighted by Crippen LogP contribution is -3.11. The first-order chi connectivity index (χ1) is 11.8. The summed E-state index contributed by atoms with van der Waals surface area (Å²) in [5.74, 6) is -0.0275. The number of anilines is 1. The first-order valence-electron chi connectivity index (χ1n) is 8.19. The van der Waals surface area contributed by atoms with Gasteiger partial charge in [-0.3, -0.25) is 14.9 Å². The van der Waals surface area contributed by atoms with Crippen molar-refractivity contribution >= 4 is 23.5 Å². The molecule has 0 fully saturated rings. The van der Waals surface area contributed by atoms with E-state index in [1.54, 1.807) is 38.4 Å². The van der Waals surface area contributed by atoms with Gasteiger partial charge in [-0.15, -0.1) is 0 Å². The molecule has 1 unspecified atom stereocenters. The number of methoxy groups -OCH3 is 1. The molecule has 1 rings (SSSR count). The number of hydrogen-bond donors (Lipinski definition) is 4. The highest BCUT2D eigenvalue weighted by Crippen LogP contribution is 2.16. The average Bonchev–Trinajstić information content (AvgIpc) is 2.53. The fourth-order valence-corrected chi connectivity index (χ4v) is 2.05. The van der Waals surface area contributed by atoms with Gasteiger partial charge in [0.05, 0.1) is 14.2 Å². The summed E-state index contributed by atoms with van der Waals surface area (Å²) in [6.07, 6.45) is 0.775. The maximum Gasteiger partial charge on any atom is 0.321 e. The molecule has 138 valence electrons. The highest BCUT2D eigenvalue weighted by atomic mass is 16.5. The normalized spacial score (nSPS) is 12.6. The standard InChI is InChI=1S/C17H26N4O4/c1-5-12(2)18-17(24)20-16(23)11-21(3)10-15(22)19-13-7-6-8-14(9-13)25-4/h6-9,12H,5,10-11H2,1-4H3,(H,19,22)(H2,18,20,23,24)/p+1/t12-/m1/s1. The molecule has 0 aliphatic carbocycles. The molecule has 1 aromatic rings. The summed E-state index contributed by atoms with van der Waals surface area (Å²) in [6.45, 7) is 3.90. The van der Waals surface area contributed by atoms with E-state index in [1.807, 2.05) is 13.8 Å². The Morgan fingerprint density at radius 3 is 2.52 bits per heavy atom. The summed E-state index contributed by atoms with van der Waals surface area (Å²) < 4.78 is 5.10. The van der Waals surface area contributed by atoms with Crippen molar-refractivity contribution in [2.24, 2.45) is 0 Å². The van der Waals surface area contributed by atoms with Crippen molar-refractivity contribution in [2.75, 3.05) is 32.6 Å². The van der Waals surface area contributed by atoms with Crippen LogP contribution in [0.15, 0.2) is 24.3 Å². The van der Waals surface area contributed by atoms with Crippen molar-refractivity contribution in [3.05, 3.63) is 24.3 Å². The second kappa shape index (κ2) is 10.3. The monoisotopic (exact) mass is 351 g/mol. The van der Waals surface area contributed by atoms with Crippen LogP contribution in [0.1, 0.15) is 20.3 Å². The van der Waals surface area contributed by atoms with E-state index < -0.39 is 11.9 Å². The number of likely N-dealkylation sites (N-methyl/N-ethyl adjacent to an activating group) is 1. The van der Waals surface area contributed by atoms with E-state index in [1.165, 1.54) is 0 Å². The number of quaternary nitrogens is 1. The van der Waals surface area contributed by atoms with E-state index in [0.717, 1.165) is 6.42 Å². The average molecular weight is 351 g/mol. The van der Waals surface area contributed by atoms with E-state index in [4.69, 9.17) is 4.74 Å². The number of ether oxygens (including phenoxy) is 1. The third-order valence-corrected chi connectivity index (χ3v) is 3.52. The number of amides is 4. The summed E-state index contributed by atoms with van der Waals surface area (Å²) in [5.41, 5.74) is 0.620. The van der Waals surface area contributed by atoms with Crippen LogP contribution in [-0.4, -0.2) is 51.1 Å². The molecule has 8 heteroatoms. The van der Waals surface area contributed by atoms with E-state index >= 15 is 0 Å². The number of carbonyl (C=O) groups is 3. The molecule has 25 heavy (non-hydrogen) atoms. The van der Waals surface area contributed by atoms with E-state index in [2.05, 4.69) is 16.0 Å². The van der Waals surface area contributed by atoms with E-state index in [0.29, 0.717) is 16.3 Å².